The van der Waals surface area contributed by atoms with Crippen molar-refractivity contribution < 1.29 is 0 Å². The number of aromatic nitrogens is 2. The molecule has 0 saturated heterocycles. The third kappa shape index (κ3) is 2.72. The maximum Gasteiger partial charge on any atom is 0.131 e. The molecule has 4 heteroatoms. The summed E-state index contributed by atoms with van der Waals surface area (Å²) < 4.78 is 0. The van der Waals surface area contributed by atoms with Gasteiger partial charge in [0.2, 0.25) is 0 Å². The van der Waals surface area contributed by atoms with E-state index < -0.39 is 0 Å². The van der Waals surface area contributed by atoms with Gasteiger partial charge in [0.25, 0.3) is 0 Å². The SMILES string of the molecule is Cc1ccccc1C(C)Nc1cc(N)ncn1. The number of nitrogens with zero attached hydrogens (tertiary/aromatic N) is 2. The minimum Gasteiger partial charge on any atom is -0.384 e. The van der Waals surface area contributed by atoms with Crippen LogP contribution >= 0.6 is 0 Å². The van der Waals surface area contributed by atoms with Crippen LogP contribution in [0.25, 0.3) is 0 Å². The molecule has 88 valence electrons. The Morgan fingerprint density at radius 2 is 2.00 bits per heavy atom. The van der Waals surface area contributed by atoms with Crippen molar-refractivity contribution in [1.82, 2.24) is 9.97 Å². The van der Waals surface area contributed by atoms with E-state index in [1.807, 2.05) is 12.1 Å². The lowest BCUT2D eigenvalue weighted by Gasteiger charge is -2.16. The predicted octanol–water partition coefficient (Wildman–Crippen LogP) is 2.54. The molecule has 4 nitrogen and oxygen atoms in total. The normalized spacial score (nSPS) is 12.1. The molecule has 0 spiro atoms. The van der Waals surface area contributed by atoms with Crippen molar-refractivity contribution in [3.63, 3.8) is 0 Å². The maximum absolute atomic E-state index is 5.61. The zero-order chi connectivity index (χ0) is 12.3. The first-order valence-electron chi connectivity index (χ1n) is 5.56. The van der Waals surface area contributed by atoms with E-state index in [9.17, 15) is 0 Å². The highest BCUT2D eigenvalue weighted by molar-refractivity contribution is 5.45. The lowest BCUT2D eigenvalue weighted by atomic mass is 10.0. The number of nitrogens with two attached hydrogens (primary N) is 1. The van der Waals surface area contributed by atoms with Crippen LogP contribution in [0, 0.1) is 6.92 Å². The molecule has 17 heavy (non-hydrogen) atoms. The first kappa shape index (κ1) is 11.4. The number of nitrogen functional groups attached to an aromatic ring is 1. The third-order valence-corrected chi connectivity index (χ3v) is 2.71. The van der Waals surface area contributed by atoms with Gasteiger partial charge in [0.15, 0.2) is 0 Å². The molecule has 1 heterocycles. The molecular weight excluding hydrogens is 212 g/mol. The topological polar surface area (TPSA) is 63.8 Å². The molecule has 2 rings (SSSR count). The molecule has 1 atom stereocenters. The summed E-state index contributed by atoms with van der Waals surface area (Å²) >= 11 is 0. The second kappa shape index (κ2) is 4.82. The first-order valence-corrected chi connectivity index (χ1v) is 5.56. The van der Waals surface area contributed by atoms with Crippen molar-refractivity contribution in [3.05, 3.63) is 47.8 Å². The lowest BCUT2D eigenvalue weighted by molar-refractivity contribution is 0.863. The first-order chi connectivity index (χ1) is 8.16. The third-order valence-electron chi connectivity index (χ3n) is 2.71. The van der Waals surface area contributed by atoms with Gasteiger partial charge in [-0.3, -0.25) is 0 Å². The van der Waals surface area contributed by atoms with Gasteiger partial charge in [-0.2, -0.15) is 0 Å². The van der Waals surface area contributed by atoms with Crippen LogP contribution in [0.15, 0.2) is 36.7 Å². The van der Waals surface area contributed by atoms with Gasteiger partial charge in [-0.15, -0.1) is 0 Å². The summed E-state index contributed by atoms with van der Waals surface area (Å²) in [5.74, 6) is 1.22. The van der Waals surface area contributed by atoms with Gasteiger partial charge in [0.1, 0.15) is 18.0 Å². The molecule has 1 aromatic carbocycles. The van der Waals surface area contributed by atoms with Gasteiger partial charge in [-0.25, -0.2) is 9.97 Å². The summed E-state index contributed by atoms with van der Waals surface area (Å²) in [5, 5.41) is 3.31. The van der Waals surface area contributed by atoms with Gasteiger partial charge in [-0.05, 0) is 25.0 Å². The van der Waals surface area contributed by atoms with Crippen molar-refractivity contribution in [2.24, 2.45) is 0 Å². The molecule has 0 aliphatic heterocycles. The predicted molar refractivity (Wildman–Crippen MR) is 69.7 cm³/mol. The van der Waals surface area contributed by atoms with Gasteiger partial charge in [0.05, 0.1) is 6.04 Å². The van der Waals surface area contributed by atoms with Crippen LogP contribution in [0.4, 0.5) is 11.6 Å². The van der Waals surface area contributed by atoms with Crippen molar-refractivity contribution >= 4 is 11.6 Å². The molecular formula is C13H16N4. The highest BCUT2D eigenvalue weighted by Gasteiger charge is 2.08. The van der Waals surface area contributed by atoms with Crippen LogP contribution in [-0.2, 0) is 0 Å². The minimum atomic E-state index is 0.186. The van der Waals surface area contributed by atoms with E-state index in [2.05, 4.69) is 41.3 Å². The number of hydrogen-bond acceptors (Lipinski definition) is 4. The summed E-state index contributed by atoms with van der Waals surface area (Å²) in [6, 6.07) is 10.2. The Bertz CT molecular complexity index is 510. The molecule has 0 fully saturated rings. The summed E-state index contributed by atoms with van der Waals surface area (Å²) in [5.41, 5.74) is 8.12. The Labute approximate surface area is 101 Å². The molecule has 3 N–H and O–H groups in total. The van der Waals surface area contributed by atoms with E-state index in [1.54, 1.807) is 6.07 Å². The van der Waals surface area contributed by atoms with Crippen molar-refractivity contribution in [2.75, 3.05) is 11.1 Å². The van der Waals surface area contributed by atoms with Crippen LogP contribution in [-0.4, -0.2) is 9.97 Å². The maximum atomic E-state index is 5.61. The van der Waals surface area contributed by atoms with Crippen LogP contribution in [0.1, 0.15) is 24.1 Å². The van der Waals surface area contributed by atoms with Crippen LogP contribution in [0.5, 0.6) is 0 Å². The monoisotopic (exact) mass is 228 g/mol. The standard InChI is InChI=1S/C13H16N4/c1-9-5-3-4-6-11(9)10(2)17-13-7-12(14)15-8-16-13/h3-8,10H,1-2H3,(H3,14,15,16,17). The molecule has 0 radical (unpaired) electrons. The zero-order valence-corrected chi connectivity index (χ0v) is 10.0. The van der Waals surface area contributed by atoms with E-state index >= 15 is 0 Å². The van der Waals surface area contributed by atoms with Crippen molar-refractivity contribution in [1.29, 1.82) is 0 Å². The number of anilines is 2. The molecule has 0 saturated carbocycles. The van der Waals surface area contributed by atoms with Gasteiger partial charge < -0.3 is 11.1 Å². The van der Waals surface area contributed by atoms with Crippen molar-refractivity contribution in [3.8, 4) is 0 Å². The Morgan fingerprint density at radius 3 is 2.71 bits per heavy atom. The average molecular weight is 228 g/mol. The fraction of sp³-hybridized carbons (Fsp3) is 0.231. The number of hydrogen-bond donors (Lipinski definition) is 2. The molecule has 0 amide bonds. The highest BCUT2D eigenvalue weighted by atomic mass is 15.0. The Balaban J connectivity index is 2.17. The van der Waals surface area contributed by atoms with E-state index in [0.717, 1.165) is 5.82 Å². The molecule has 1 unspecified atom stereocenters. The van der Waals surface area contributed by atoms with Gasteiger partial charge >= 0.3 is 0 Å². The molecule has 2 aromatic rings. The van der Waals surface area contributed by atoms with E-state index in [0.29, 0.717) is 5.82 Å². The Morgan fingerprint density at radius 1 is 1.24 bits per heavy atom. The minimum absolute atomic E-state index is 0.186. The Hall–Kier alpha value is -2.10. The second-order valence-corrected chi connectivity index (χ2v) is 4.05. The summed E-state index contributed by atoms with van der Waals surface area (Å²) in [6.45, 7) is 4.20. The van der Waals surface area contributed by atoms with Crippen LogP contribution in [0.2, 0.25) is 0 Å². The fourth-order valence-corrected chi connectivity index (χ4v) is 1.82. The highest BCUT2D eigenvalue weighted by Crippen LogP contribution is 2.20. The van der Waals surface area contributed by atoms with E-state index in [-0.39, 0.29) is 6.04 Å². The van der Waals surface area contributed by atoms with Crippen LogP contribution < -0.4 is 11.1 Å². The largest absolute Gasteiger partial charge is 0.384 e. The van der Waals surface area contributed by atoms with Gasteiger partial charge in [-0.1, -0.05) is 24.3 Å². The fourth-order valence-electron chi connectivity index (χ4n) is 1.82. The summed E-state index contributed by atoms with van der Waals surface area (Å²) in [6.07, 6.45) is 1.46. The van der Waals surface area contributed by atoms with Gasteiger partial charge in [0, 0.05) is 6.07 Å². The van der Waals surface area contributed by atoms with E-state index in [4.69, 9.17) is 5.73 Å². The lowest BCUT2D eigenvalue weighted by Crippen LogP contribution is -2.09. The second-order valence-electron chi connectivity index (χ2n) is 4.05. The summed E-state index contributed by atoms with van der Waals surface area (Å²) in [7, 11) is 0. The molecule has 1 aromatic heterocycles. The average Bonchev–Trinajstić information content (AvgIpc) is 2.29. The molecule has 0 aliphatic carbocycles. The van der Waals surface area contributed by atoms with E-state index in [1.165, 1.54) is 17.5 Å². The number of nitrogens with one attached hydrogen (secondary N) is 1. The molecule has 0 bridgehead atoms. The number of aryl methyl sites for hydroxylation is 1. The number of rotatable bonds is 3. The number of benzene rings is 1. The quantitative estimate of drug-likeness (QED) is 0.847. The zero-order valence-electron chi connectivity index (χ0n) is 10.0. The molecule has 0 aliphatic rings. The smallest absolute Gasteiger partial charge is 0.131 e. The van der Waals surface area contributed by atoms with Crippen molar-refractivity contribution in [2.45, 2.75) is 19.9 Å². The van der Waals surface area contributed by atoms with Crippen LogP contribution in [0.3, 0.4) is 0 Å². The Kier molecular flexibility index (Phi) is 3.23. The summed E-state index contributed by atoms with van der Waals surface area (Å²) in [4.78, 5) is 8.00.